The molecule has 1 saturated heterocycles. The van der Waals surface area contributed by atoms with Crippen LogP contribution >= 0.6 is 11.6 Å². The second-order valence-electron chi connectivity index (χ2n) is 10.4. The van der Waals surface area contributed by atoms with Gasteiger partial charge in [0.05, 0.1) is 29.2 Å². The summed E-state index contributed by atoms with van der Waals surface area (Å²) < 4.78 is 41.7. The summed E-state index contributed by atoms with van der Waals surface area (Å²) in [5.41, 5.74) is -2.12. The molecule has 5 rings (SSSR count). The van der Waals surface area contributed by atoms with E-state index in [1.165, 1.54) is 36.5 Å². The number of pyridine rings is 1. The molecule has 1 saturated carbocycles. The number of nitrogens with zero attached hydrogens (tertiary/aromatic N) is 4. The highest BCUT2D eigenvalue weighted by Crippen LogP contribution is 2.47. The van der Waals surface area contributed by atoms with Crippen molar-refractivity contribution in [2.45, 2.75) is 49.1 Å². The van der Waals surface area contributed by atoms with Crippen LogP contribution in [-0.4, -0.2) is 40.2 Å². The van der Waals surface area contributed by atoms with Gasteiger partial charge >= 0.3 is 0 Å². The van der Waals surface area contributed by atoms with E-state index in [0.717, 1.165) is 17.0 Å². The molecule has 2 fully saturated rings. The van der Waals surface area contributed by atoms with Crippen molar-refractivity contribution in [3.05, 3.63) is 88.3 Å². The van der Waals surface area contributed by atoms with E-state index in [9.17, 15) is 38.1 Å². The summed E-state index contributed by atoms with van der Waals surface area (Å²) in [5, 5.41) is 24.0. The summed E-state index contributed by atoms with van der Waals surface area (Å²) >= 11 is 6.56. The average molecular weight is 607 g/mol. The van der Waals surface area contributed by atoms with Gasteiger partial charge in [-0.1, -0.05) is 29.8 Å². The number of nitrogens with one attached hydrogen (secondary N) is 2. The minimum absolute atomic E-state index is 0.0596. The number of anilines is 2. The first-order valence-electron chi connectivity index (χ1n) is 13.1. The molecule has 3 aromatic rings. The zero-order valence-electron chi connectivity index (χ0n) is 22.3. The Balaban J connectivity index is 1.71. The number of halogens is 4. The van der Waals surface area contributed by atoms with Gasteiger partial charge in [-0.3, -0.25) is 19.3 Å². The molecule has 9 nitrogen and oxygen atoms in total. The number of carbonyl (C=O) groups is 3. The lowest BCUT2D eigenvalue weighted by Crippen LogP contribution is -2.63. The molecule has 0 spiro atoms. The molecule has 2 N–H and O–H groups in total. The number of amides is 3. The van der Waals surface area contributed by atoms with Crippen LogP contribution in [0, 0.1) is 28.5 Å². The molecule has 1 aliphatic carbocycles. The molecule has 0 radical (unpaired) electrons. The number of benzene rings is 2. The lowest BCUT2D eigenvalue weighted by molar-refractivity contribution is -0.136. The Morgan fingerprint density at radius 3 is 2.47 bits per heavy atom. The molecule has 2 aromatic carbocycles. The van der Waals surface area contributed by atoms with E-state index in [4.69, 9.17) is 11.6 Å². The van der Waals surface area contributed by atoms with Gasteiger partial charge in [0.25, 0.3) is 11.8 Å². The van der Waals surface area contributed by atoms with E-state index in [1.54, 1.807) is 18.2 Å². The van der Waals surface area contributed by atoms with Crippen molar-refractivity contribution < 1.29 is 27.6 Å². The number of nitriles is 2. The molecular weight excluding hydrogens is 585 g/mol. The first-order chi connectivity index (χ1) is 20.5. The number of hydrogen-bond donors (Lipinski definition) is 2. The zero-order chi connectivity index (χ0) is 30.9. The van der Waals surface area contributed by atoms with Gasteiger partial charge in [-0.25, -0.2) is 18.2 Å². The van der Waals surface area contributed by atoms with Crippen LogP contribution in [-0.2, 0) is 14.4 Å². The van der Waals surface area contributed by atoms with Gasteiger partial charge in [-0.15, -0.1) is 0 Å². The Morgan fingerprint density at radius 1 is 1.07 bits per heavy atom. The lowest BCUT2D eigenvalue weighted by Gasteiger charge is -2.43. The monoisotopic (exact) mass is 606 g/mol. The van der Waals surface area contributed by atoms with Gasteiger partial charge in [0.1, 0.15) is 17.2 Å². The van der Waals surface area contributed by atoms with Crippen molar-refractivity contribution in [2.75, 3.05) is 10.2 Å². The van der Waals surface area contributed by atoms with Crippen LogP contribution in [0.1, 0.15) is 48.3 Å². The second-order valence-corrected chi connectivity index (χ2v) is 10.8. The van der Waals surface area contributed by atoms with Crippen LogP contribution in [0.2, 0.25) is 5.02 Å². The van der Waals surface area contributed by atoms with Crippen LogP contribution in [0.25, 0.3) is 0 Å². The fourth-order valence-electron chi connectivity index (χ4n) is 5.64. The smallest absolute Gasteiger partial charge is 0.252 e. The molecule has 3 amide bonds. The highest BCUT2D eigenvalue weighted by molar-refractivity contribution is 6.32. The molecule has 1 unspecified atom stereocenters. The molecule has 43 heavy (non-hydrogen) atoms. The lowest BCUT2D eigenvalue weighted by atomic mass is 9.74. The number of alkyl halides is 2. The van der Waals surface area contributed by atoms with E-state index in [1.807, 2.05) is 6.07 Å². The number of aromatic nitrogens is 1. The highest BCUT2D eigenvalue weighted by atomic mass is 35.5. The predicted octanol–water partition coefficient (Wildman–Crippen LogP) is 4.82. The molecule has 2 heterocycles. The standard InChI is InChI=1S/C30H22ClF3N6O3/c31-23-4-2-1-3-22(23)26(27(42)38-21-13-29(33,34)14-21)30(28(43)39-20-10-18(16-36)9-19(32)12-20)7-5-25(41)40(30)24-11-17(15-35)6-8-37-24/h1-4,6,8-12,21,26H,5,7,13-14H2,(H,38,42)(H,39,43)/t26-,30?/m1/s1. The summed E-state index contributed by atoms with van der Waals surface area (Å²) in [4.78, 5) is 47.4. The summed E-state index contributed by atoms with van der Waals surface area (Å²) in [7, 11) is 0. The molecular formula is C30H22ClF3N6O3. The van der Waals surface area contributed by atoms with Gasteiger partial charge in [0, 0.05) is 42.2 Å². The van der Waals surface area contributed by atoms with Crippen molar-refractivity contribution in [2.24, 2.45) is 0 Å². The maximum Gasteiger partial charge on any atom is 0.252 e. The van der Waals surface area contributed by atoms with Gasteiger partial charge in [0.2, 0.25) is 11.8 Å². The number of rotatable bonds is 7. The van der Waals surface area contributed by atoms with E-state index in [-0.39, 0.29) is 46.1 Å². The van der Waals surface area contributed by atoms with Crippen molar-refractivity contribution in [3.63, 3.8) is 0 Å². The zero-order valence-corrected chi connectivity index (χ0v) is 23.0. The van der Waals surface area contributed by atoms with E-state index < -0.39 is 59.8 Å². The third-order valence-electron chi connectivity index (χ3n) is 7.54. The Bertz CT molecular complexity index is 1710. The van der Waals surface area contributed by atoms with E-state index >= 15 is 0 Å². The Hall–Kier alpha value is -4.94. The van der Waals surface area contributed by atoms with Crippen molar-refractivity contribution in [1.29, 1.82) is 10.5 Å². The minimum atomic E-state index is -2.96. The molecule has 13 heteroatoms. The highest BCUT2D eigenvalue weighted by Gasteiger charge is 2.61. The third-order valence-corrected chi connectivity index (χ3v) is 7.89. The average Bonchev–Trinajstić information content (AvgIpc) is 3.30. The normalized spacial score (nSPS) is 20.0. The largest absolute Gasteiger partial charge is 0.352 e. The summed E-state index contributed by atoms with van der Waals surface area (Å²) in [6.45, 7) is 0. The number of hydrogen-bond acceptors (Lipinski definition) is 6. The topological polar surface area (TPSA) is 139 Å². The van der Waals surface area contributed by atoms with E-state index in [0.29, 0.717) is 0 Å². The Labute approximate surface area is 248 Å². The van der Waals surface area contributed by atoms with E-state index in [2.05, 4.69) is 15.6 Å². The SMILES string of the molecule is N#Cc1cc(F)cc(NC(=O)C2([C@@H](C(=O)NC3CC(F)(F)C3)c3ccccc3Cl)CCC(=O)N2c2cc(C#N)ccn2)c1. The maximum atomic E-state index is 14.5. The quantitative estimate of drug-likeness (QED) is 0.395. The fraction of sp³-hybridized carbons (Fsp3) is 0.267. The molecule has 1 aliphatic heterocycles. The predicted molar refractivity (Wildman–Crippen MR) is 148 cm³/mol. The van der Waals surface area contributed by atoms with Crippen LogP contribution in [0.5, 0.6) is 0 Å². The van der Waals surface area contributed by atoms with Gasteiger partial charge in [-0.2, -0.15) is 10.5 Å². The fourth-order valence-corrected chi connectivity index (χ4v) is 5.89. The van der Waals surface area contributed by atoms with Crippen LogP contribution in [0.3, 0.4) is 0 Å². The first-order valence-corrected chi connectivity index (χ1v) is 13.5. The molecule has 0 bridgehead atoms. The molecule has 2 atom stereocenters. The molecule has 2 aliphatic rings. The van der Waals surface area contributed by atoms with Crippen LogP contribution in [0.4, 0.5) is 24.7 Å². The molecule has 218 valence electrons. The summed E-state index contributed by atoms with van der Waals surface area (Å²) in [6, 6.07) is 14.7. The summed E-state index contributed by atoms with van der Waals surface area (Å²) in [5.74, 6) is -7.88. The second kappa shape index (κ2) is 11.4. The molecule has 1 aromatic heterocycles. The van der Waals surface area contributed by atoms with Crippen molar-refractivity contribution in [3.8, 4) is 12.1 Å². The van der Waals surface area contributed by atoms with Crippen LogP contribution < -0.4 is 15.5 Å². The Morgan fingerprint density at radius 2 is 1.79 bits per heavy atom. The van der Waals surface area contributed by atoms with Crippen molar-refractivity contribution in [1.82, 2.24) is 10.3 Å². The third kappa shape index (κ3) is 5.62. The summed E-state index contributed by atoms with van der Waals surface area (Å²) in [6.07, 6.45) is -0.465. The van der Waals surface area contributed by atoms with Gasteiger partial charge < -0.3 is 10.6 Å². The van der Waals surface area contributed by atoms with Gasteiger partial charge in [0.15, 0.2) is 0 Å². The maximum absolute atomic E-state index is 14.5. The van der Waals surface area contributed by atoms with Gasteiger partial charge in [-0.05, 0) is 48.4 Å². The Kier molecular flexibility index (Phi) is 7.82. The minimum Gasteiger partial charge on any atom is -0.352 e. The van der Waals surface area contributed by atoms with Crippen molar-refractivity contribution >= 4 is 40.8 Å². The number of carbonyl (C=O) groups excluding carboxylic acids is 3. The first kappa shape index (κ1) is 29.5. The van der Waals surface area contributed by atoms with Crippen LogP contribution in [0.15, 0.2) is 60.8 Å².